The summed E-state index contributed by atoms with van der Waals surface area (Å²) in [7, 11) is 2.11. The van der Waals surface area contributed by atoms with Crippen molar-refractivity contribution in [2.24, 2.45) is 7.05 Å². The Morgan fingerprint density at radius 1 is 0.800 bits per heavy atom. The van der Waals surface area contributed by atoms with Crippen LogP contribution in [-0.2, 0) is 32.8 Å². The SMILES string of the molecule is Cn1[c](=[Pt])n(-c2cccc(Oc3cc4c(cc3-c3ccccc3)CCCN4c3ccccn3)c2)c2ccccc21. The van der Waals surface area contributed by atoms with Crippen molar-refractivity contribution in [2.45, 2.75) is 12.8 Å². The van der Waals surface area contributed by atoms with E-state index in [1.54, 1.807) is 0 Å². The van der Waals surface area contributed by atoms with Crippen LogP contribution >= 0.6 is 0 Å². The van der Waals surface area contributed by atoms with Crippen LogP contribution in [0.15, 0.2) is 115 Å². The Morgan fingerprint density at radius 3 is 2.42 bits per heavy atom. The van der Waals surface area contributed by atoms with Gasteiger partial charge >= 0.3 is 227 Å². The van der Waals surface area contributed by atoms with E-state index in [-0.39, 0.29) is 0 Å². The molecular formula is C34H28N4OPt. The van der Waals surface area contributed by atoms with Gasteiger partial charge in [0.15, 0.2) is 0 Å². The molecular weight excluding hydrogens is 675 g/mol. The van der Waals surface area contributed by atoms with Crippen LogP contribution in [-0.4, -0.2) is 20.7 Å². The van der Waals surface area contributed by atoms with Crippen LogP contribution in [0.4, 0.5) is 11.5 Å². The van der Waals surface area contributed by atoms with Crippen LogP contribution in [0.5, 0.6) is 11.5 Å². The molecule has 0 radical (unpaired) electrons. The minimum atomic E-state index is 0.798. The molecule has 0 saturated carbocycles. The Hall–Kier alpha value is -4.21. The van der Waals surface area contributed by atoms with Crippen molar-refractivity contribution in [3.8, 4) is 28.3 Å². The summed E-state index contributed by atoms with van der Waals surface area (Å²) in [6.45, 7) is 0.930. The molecule has 1 aliphatic heterocycles. The zero-order valence-electron chi connectivity index (χ0n) is 22.1. The first kappa shape index (κ1) is 24.8. The average Bonchev–Trinajstić information content (AvgIpc) is 3.27. The number of para-hydroxylation sites is 2. The summed E-state index contributed by atoms with van der Waals surface area (Å²) in [5.74, 6) is 2.60. The second-order valence-corrected chi connectivity index (χ2v) is 11.0. The molecule has 0 atom stereocenters. The summed E-state index contributed by atoms with van der Waals surface area (Å²) < 4.78 is 12.4. The van der Waals surface area contributed by atoms with Crippen molar-refractivity contribution in [1.29, 1.82) is 0 Å². The number of pyridine rings is 1. The number of benzene rings is 4. The third-order valence-electron chi connectivity index (χ3n) is 7.52. The van der Waals surface area contributed by atoms with Gasteiger partial charge in [0, 0.05) is 6.20 Å². The molecule has 0 saturated heterocycles. The number of hydrogen-bond donors (Lipinski definition) is 0. The fourth-order valence-corrected chi connectivity index (χ4v) is 6.45. The molecule has 0 unspecified atom stereocenters. The van der Waals surface area contributed by atoms with E-state index in [0.29, 0.717) is 0 Å². The monoisotopic (exact) mass is 703 g/mol. The summed E-state index contributed by atoms with van der Waals surface area (Å²) in [4.78, 5) is 6.97. The zero-order valence-corrected chi connectivity index (χ0v) is 24.4. The molecule has 0 bridgehead atoms. The third kappa shape index (κ3) is 4.41. The standard InChI is InChI=1S/C34H28N4O.Pt/c1-36-24-38(31-17-6-5-16-30(31)36)27-14-9-15-28(22-27)39-33-23-32-26(21-29(33)25-11-3-2-4-12-25)13-10-20-37(32)34-18-7-8-19-35-34;/h2-9,11-12,14-19,21-23H,10,13,20H2,1H3;. The number of nitrogens with zero attached hydrogens (tertiary/aromatic N) is 4. The van der Waals surface area contributed by atoms with Gasteiger partial charge in [0.05, 0.1) is 0 Å². The molecule has 1 aliphatic rings. The van der Waals surface area contributed by atoms with Crippen LogP contribution in [0.3, 0.4) is 0 Å². The van der Waals surface area contributed by atoms with Crippen LogP contribution < -0.4 is 9.64 Å². The van der Waals surface area contributed by atoms with Crippen molar-refractivity contribution >= 4 is 22.5 Å². The number of ether oxygens (including phenoxy) is 1. The van der Waals surface area contributed by atoms with Crippen molar-refractivity contribution in [1.82, 2.24) is 14.1 Å². The number of hydrogen-bond acceptors (Lipinski definition) is 3. The van der Waals surface area contributed by atoms with Gasteiger partial charge in [-0.2, -0.15) is 0 Å². The van der Waals surface area contributed by atoms with E-state index in [0.717, 1.165) is 68.5 Å². The molecule has 4 aromatic carbocycles. The molecule has 7 rings (SSSR count). The van der Waals surface area contributed by atoms with Gasteiger partial charge in [0.1, 0.15) is 0 Å². The first-order chi connectivity index (χ1) is 19.7. The number of imidazole rings is 1. The van der Waals surface area contributed by atoms with E-state index in [1.807, 2.05) is 24.4 Å². The van der Waals surface area contributed by atoms with Crippen molar-refractivity contribution in [2.75, 3.05) is 11.4 Å². The quantitative estimate of drug-likeness (QED) is 0.183. The third-order valence-corrected chi connectivity index (χ3v) is 8.79. The predicted octanol–water partition coefficient (Wildman–Crippen LogP) is 7.99. The Labute approximate surface area is 244 Å². The second-order valence-electron chi connectivity index (χ2n) is 10.0. The van der Waals surface area contributed by atoms with Crippen molar-refractivity contribution < 1.29 is 24.1 Å². The zero-order chi connectivity index (χ0) is 27.1. The maximum absolute atomic E-state index is 6.77. The minimum absolute atomic E-state index is 0.798. The second kappa shape index (κ2) is 10.4. The molecule has 0 spiro atoms. The number of rotatable bonds is 5. The van der Waals surface area contributed by atoms with Crippen molar-refractivity contribution in [3.63, 3.8) is 0 Å². The average molecular weight is 704 g/mol. The Bertz CT molecular complexity index is 1890. The fourth-order valence-electron chi connectivity index (χ4n) is 5.61. The molecule has 0 N–H and O–H groups in total. The van der Waals surface area contributed by atoms with E-state index < -0.39 is 0 Å². The maximum atomic E-state index is 6.77. The van der Waals surface area contributed by atoms with Gasteiger partial charge in [-0.15, -0.1) is 0 Å². The van der Waals surface area contributed by atoms with E-state index in [2.05, 4.69) is 136 Å². The van der Waals surface area contributed by atoms with Gasteiger partial charge in [-0.25, -0.2) is 0 Å². The summed E-state index contributed by atoms with van der Waals surface area (Å²) in [5, 5.41) is 0. The van der Waals surface area contributed by atoms with Crippen LogP contribution in [0.25, 0.3) is 27.8 Å². The molecule has 6 aromatic rings. The molecule has 0 fully saturated rings. The normalized spacial score (nSPS) is 12.9. The van der Waals surface area contributed by atoms with E-state index in [4.69, 9.17) is 4.74 Å². The molecule has 5 nitrogen and oxygen atoms in total. The van der Waals surface area contributed by atoms with Gasteiger partial charge in [-0.3, -0.25) is 0 Å². The number of anilines is 2. The molecule has 2 aromatic heterocycles. The first-order valence-corrected chi connectivity index (χ1v) is 14.6. The summed E-state index contributed by atoms with van der Waals surface area (Å²) >= 11 is 2.40. The Balaban J connectivity index is 1.35. The topological polar surface area (TPSA) is 35.2 Å². The van der Waals surface area contributed by atoms with Gasteiger partial charge in [0.25, 0.3) is 0 Å². The number of aromatic nitrogens is 3. The first-order valence-electron chi connectivity index (χ1n) is 13.5. The van der Waals surface area contributed by atoms with Crippen LogP contribution in [0.2, 0.25) is 0 Å². The molecule has 0 aliphatic carbocycles. The van der Waals surface area contributed by atoms with Gasteiger partial charge in [0.2, 0.25) is 0 Å². The molecule has 6 heteroatoms. The fraction of sp³-hybridized carbons (Fsp3) is 0.118. The molecule has 0 amide bonds. The summed E-state index contributed by atoms with van der Waals surface area (Å²) in [6, 6.07) is 38.0. The molecule has 3 heterocycles. The van der Waals surface area contributed by atoms with Gasteiger partial charge < -0.3 is 0 Å². The van der Waals surface area contributed by atoms with E-state index in [1.165, 1.54) is 11.1 Å². The van der Waals surface area contributed by atoms with E-state index in [9.17, 15) is 0 Å². The molecule has 200 valence electrons. The van der Waals surface area contributed by atoms with Crippen LogP contribution in [0, 0.1) is 3.80 Å². The van der Waals surface area contributed by atoms with Crippen LogP contribution in [0.1, 0.15) is 12.0 Å². The summed E-state index contributed by atoms with van der Waals surface area (Å²) in [5.41, 5.74) is 8.14. The number of fused-ring (bicyclic) bond motifs is 2. The van der Waals surface area contributed by atoms with Gasteiger partial charge in [-0.05, 0) is 6.07 Å². The molecule has 40 heavy (non-hydrogen) atoms. The van der Waals surface area contributed by atoms with Gasteiger partial charge in [-0.1, -0.05) is 6.07 Å². The Morgan fingerprint density at radius 2 is 1.60 bits per heavy atom. The number of aryl methyl sites for hydroxylation is 2. The predicted molar refractivity (Wildman–Crippen MR) is 157 cm³/mol. The van der Waals surface area contributed by atoms with Crippen molar-refractivity contribution in [3.05, 3.63) is 125 Å². The Kier molecular flexibility index (Phi) is 6.45. The summed E-state index contributed by atoms with van der Waals surface area (Å²) in [6.07, 6.45) is 3.97. The van der Waals surface area contributed by atoms with E-state index >= 15 is 0 Å².